The number of amides is 1. The van der Waals surface area contributed by atoms with E-state index in [4.69, 9.17) is 9.47 Å². The van der Waals surface area contributed by atoms with E-state index in [-0.39, 0.29) is 16.9 Å². The van der Waals surface area contributed by atoms with E-state index in [0.717, 1.165) is 19.5 Å². The Bertz CT molecular complexity index is 1130. The van der Waals surface area contributed by atoms with E-state index in [1.165, 1.54) is 14.2 Å². The van der Waals surface area contributed by atoms with Gasteiger partial charge in [0.25, 0.3) is 5.56 Å². The molecule has 4 unspecified atom stereocenters. The van der Waals surface area contributed by atoms with Crippen LogP contribution in [0, 0.1) is 29.1 Å². The number of benzene rings is 1. The number of aromatic amines is 1. The monoisotopic (exact) mass is 437 g/mol. The first-order valence-corrected chi connectivity index (χ1v) is 10.7. The van der Waals surface area contributed by atoms with Crippen molar-refractivity contribution in [3.05, 3.63) is 39.7 Å². The van der Waals surface area contributed by atoms with Gasteiger partial charge in [-0.25, -0.2) is 0 Å². The van der Waals surface area contributed by atoms with Crippen LogP contribution in [0.5, 0.6) is 11.5 Å². The van der Waals surface area contributed by atoms with Gasteiger partial charge in [-0.05, 0) is 36.5 Å². The number of aromatic nitrogens is 2. The average molecular weight is 438 g/mol. The maximum atomic E-state index is 13.3. The molecule has 4 rings (SSSR count). The molecule has 2 aliphatic heterocycles. The number of rotatable bonds is 4. The van der Waals surface area contributed by atoms with Crippen LogP contribution < -0.4 is 25.2 Å². The number of H-pyrrole nitrogens is 1. The van der Waals surface area contributed by atoms with Crippen LogP contribution in [-0.2, 0) is 4.79 Å². The largest absolute Gasteiger partial charge is 0.497 e. The number of anilines is 2. The molecular weight excluding hydrogens is 410 g/mol. The smallest absolute Gasteiger partial charge is 0.258 e. The summed E-state index contributed by atoms with van der Waals surface area (Å²) in [6, 6.07) is 7.16. The summed E-state index contributed by atoms with van der Waals surface area (Å²) in [7, 11) is 3.02. The quantitative estimate of drug-likeness (QED) is 0.754. The van der Waals surface area contributed by atoms with Crippen LogP contribution in [-0.4, -0.2) is 43.2 Å². The summed E-state index contributed by atoms with van der Waals surface area (Å²) in [4.78, 5) is 35.8. The van der Waals surface area contributed by atoms with Gasteiger partial charge >= 0.3 is 0 Å². The van der Waals surface area contributed by atoms with Gasteiger partial charge in [0.1, 0.15) is 23.2 Å². The van der Waals surface area contributed by atoms with E-state index in [2.05, 4.69) is 29.1 Å². The lowest BCUT2D eigenvalue weighted by atomic mass is 9.78. The molecular formula is C23H27N5O4. The van der Waals surface area contributed by atoms with Crippen molar-refractivity contribution < 1.29 is 14.3 Å². The molecule has 9 nitrogen and oxygen atoms in total. The average Bonchev–Trinajstić information content (AvgIpc) is 2.76. The molecule has 4 atom stereocenters. The number of fused-ring (bicyclic) bond motifs is 1. The van der Waals surface area contributed by atoms with Crippen molar-refractivity contribution in [1.29, 1.82) is 5.26 Å². The highest BCUT2D eigenvalue weighted by Gasteiger charge is 2.42. The van der Waals surface area contributed by atoms with Gasteiger partial charge in [-0.3, -0.25) is 14.6 Å². The first-order chi connectivity index (χ1) is 15.4. The summed E-state index contributed by atoms with van der Waals surface area (Å²) >= 11 is 0. The van der Waals surface area contributed by atoms with Crippen molar-refractivity contribution >= 4 is 17.7 Å². The molecule has 0 bridgehead atoms. The second-order valence-corrected chi connectivity index (χ2v) is 8.68. The molecule has 32 heavy (non-hydrogen) atoms. The second kappa shape index (κ2) is 8.54. The molecule has 2 N–H and O–H groups in total. The number of nitrogens with one attached hydrogen (secondary N) is 2. The highest BCUT2D eigenvalue weighted by molar-refractivity contribution is 5.98. The van der Waals surface area contributed by atoms with E-state index in [1.54, 1.807) is 18.2 Å². The van der Waals surface area contributed by atoms with Crippen molar-refractivity contribution in [3.63, 3.8) is 0 Å². The summed E-state index contributed by atoms with van der Waals surface area (Å²) in [6.07, 6.45) is 1.12. The van der Waals surface area contributed by atoms with Gasteiger partial charge < -0.3 is 19.7 Å². The Kier molecular flexibility index (Phi) is 5.78. The van der Waals surface area contributed by atoms with Crippen molar-refractivity contribution in [3.8, 4) is 17.6 Å². The Morgan fingerprint density at radius 2 is 1.88 bits per heavy atom. The van der Waals surface area contributed by atoms with E-state index in [0.29, 0.717) is 34.8 Å². The number of hydrogen-bond acceptors (Lipinski definition) is 7. The molecule has 0 aliphatic carbocycles. The molecule has 2 aliphatic rings. The summed E-state index contributed by atoms with van der Waals surface area (Å²) in [5, 5.41) is 12.5. The molecule has 1 aromatic heterocycles. The lowest BCUT2D eigenvalue weighted by Gasteiger charge is -2.36. The van der Waals surface area contributed by atoms with E-state index >= 15 is 0 Å². The second-order valence-electron chi connectivity index (χ2n) is 8.68. The maximum Gasteiger partial charge on any atom is 0.258 e. The molecule has 1 fully saturated rings. The predicted molar refractivity (Wildman–Crippen MR) is 119 cm³/mol. The maximum absolute atomic E-state index is 13.3. The van der Waals surface area contributed by atoms with Crippen LogP contribution in [0.1, 0.15) is 37.3 Å². The van der Waals surface area contributed by atoms with E-state index in [9.17, 15) is 14.9 Å². The minimum atomic E-state index is -1.12. The van der Waals surface area contributed by atoms with Crippen LogP contribution in [0.4, 0.5) is 11.8 Å². The molecule has 2 aromatic rings. The summed E-state index contributed by atoms with van der Waals surface area (Å²) in [5.41, 5.74) is 0.380. The van der Waals surface area contributed by atoms with E-state index < -0.39 is 17.7 Å². The normalized spacial score (nSPS) is 24.8. The Labute approximate surface area is 186 Å². The van der Waals surface area contributed by atoms with Crippen molar-refractivity contribution in [2.75, 3.05) is 37.5 Å². The molecule has 3 heterocycles. The predicted octanol–water partition coefficient (Wildman–Crippen LogP) is 2.49. The SMILES string of the molecule is COc1ccc(OC)c(C2c3c(nc(N4CC(C)CC(C)C4)[nH]c3=O)NC(=O)C2C#N)c1. The number of piperidine rings is 1. The molecule has 0 radical (unpaired) electrons. The number of nitrogens with zero attached hydrogens (tertiary/aromatic N) is 3. The number of carbonyl (C=O) groups is 1. The Morgan fingerprint density at radius 1 is 1.16 bits per heavy atom. The van der Waals surface area contributed by atoms with Crippen LogP contribution in [0.2, 0.25) is 0 Å². The first kappa shape index (κ1) is 21.7. The minimum Gasteiger partial charge on any atom is -0.497 e. The Hall–Kier alpha value is -3.54. The zero-order valence-electron chi connectivity index (χ0n) is 18.6. The number of hydrogen-bond donors (Lipinski definition) is 2. The third-order valence-electron chi connectivity index (χ3n) is 6.19. The third-order valence-corrected chi connectivity index (χ3v) is 6.19. The highest BCUT2D eigenvalue weighted by atomic mass is 16.5. The lowest BCUT2D eigenvalue weighted by Crippen LogP contribution is -2.43. The molecule has 9 heteroatoms. The molecule has 1 amide bonds. The number of carbonyl (C=O) groups excluding carboxylic acids is 1. The zero-order valence-corrected chi connectivity index (χ0v) is 18.6. The van der Waals surface area contributed by atoms with Gasteiger partial charge in [0.2, 0.25) is 11.9 Å². The fraction of sp³-hybridized carbons (Fsp3) is 0.478. The lowest BCUT2D eigenvalue weighted by molar-refractivity contribution is -0.119. The van der Waals surface area contributed by atoms with E-state index in [1.807, 2.05) is 11.0 Å². The fourth-order valence-corrected chi connectivity index (χ4v) is 4.90. The molecule has 0 spiro atoms. The van der Waals surface area contributed by atoms with Gasteiger partial charge in [0.05, 0.1) is 25.9 Å². The summed E-state index contributed by atoms with van der Waals surface area (Å²) in [6.45, 7) is 5.88. The Morgan fingerprint density at radius 3 is 2.50 bits per heavy atom. The topological polar surface area (TPSA) is 120 Å². The first-order valence-electron chi connectivity index (χ1n) is 10.7. The molecule has 168 valence electrons. The minimum absolute atomic E-state index is 0.181. The highest BCUT2D eigenvalue weighted by Crippen LogP contribution is 2.43. The van der Waals surface area contributed by atoms with Gasteiger partial charge in [-0.1, -0.05) is 13.8 Å². The molecule has 1 saturated heterocycles. The van der Waals surface area contributed by atoms with Gasteiger partial charge in [0.15, 0.2) is 0 Å². The van der Waals surface area contributed by atoms with Crippen LogP contribution >= 0.6 is 0 Å². The third kappa shape index (κ3) is 3.77. The van der Waals surface area contributed by atoms with Crippen molar-refractivity contribution in [2.24, 2.45) is 17.8 Å². The van der Waals surface area contributed by atoms with Gasteiger partial charge in [-0.15, -0.1) is 0 Å². The van der Waals surface area contributed by atoms with Gasteiger partial charge in [0, 0.05) is 24.6 Å². The van der Waals surface area contributed by atoms with Crippen molar-refractivity contribution in [1.82, 2.24) is 9.97 Å². The summed E-state index contributed by atoms with van der Waals surface area (Å²) in [5.74, 6) is 0.0594. The number of methoxy groups -OCH3 is 2. The summed E-state index contributed by atoms with van der Waals surface area (Å²) < 4.78 is 10.8. The van der Waals surface area contributed by atoms with Crippen molar-refractivity contribution in [2.45, 2.75) is 26.2 Å². The van der Waals surface area contributed by atoms with Crippen LogP contribution in [0.25, 0.3) is 0 Å². The number of nitriles is 1. The Balaban J connectivity index is 1.87. The van der Waals surface area contributed by atoms with Gasteiger partial charge in [-0.2, -0.15) is 10.2 Å². The van der Waals surface area contributed by atoms with Crippen LogP contribution in [0.15, 0.2) is 23.0 Å². The molecule has 0 saturated carbocycles. The van der Waals surface area contributed by atoms with Crippen LogP contribution in [0.3, 0.4) is 0 Å². The zero-order chi connectivity index (χ0) is 23.0. The standard InChI is InChI=1S/C23H27N5O4/c1-12-7-13(2)11-28(10-12)23-26-20-19(22(30)27-23)18(16(9-24)21(29)25-20)15-8-14(31-3)5-6-17(15)32-4/h5-6,8,12-13,16,18H,7,10-11H2,1-4H3,(H2,25,26,27,29,30). The number of ether oxygens (including phenoxy) is 2. The fourth-order valence-electron chi connectivity index (χ4n) is 4.90. The molecule has 1 aromatic carbocycles.